The third-order valence-electron chi connectivity index (χ3n) is 5.25. The molecular weight excluding hydrogens is 382 g/mol. The highest BCUT2D eigenvalue weighted by molar-refractivity contribution is 5.78. The van der Waals surface area contributed by atoms with Crippen molar-refractivity contribution in [2.24, 2.45) is 0 Å². The van der Waals surface area contributed by atoms with Crippen LogP contribution >= 0.6 is 0 Å². The average molecular weight is 409 g/mol. The van der Waals surface area contributed by atoms with Crippen molar-refractivity contribution in [3.63, 3.8) is 0 Å². The van der Waals surface area contributed by atoms with Gasteiger partial charge in [-0.1, -0.05) is 0 Å². The van der Waals surface area contributed by atoms with E-state index < -0.39 is 0 Å². The fourth-order valence-electron chi connectivity index (χ4n) is 3.36. The van der Waals surface area contributed by atoms with Gasteiger partial charge in [-0.05, 0) is 62.2 Å². The molecule has 1 aromatic heterocycles. The Bertz CT molecular complexity index is 1150. The van der Waals surface area contributed by atoms with E-state index in [1.165, 1.54) is 0 Å². The fraction of sp³-hybridized carbons (Fsp3) is 0.348. The van der Waals surface area contributed by atoms with E-state index in [2.05, 4.69) is 10.3 Å². The lowest BCUT2D eigenvalue weighted by Gasteiger charge is -2.14. The molecule has 3 aromatic rings. The molecule has 0 aliphatic heterocycles. The van der Waals surface area contributed by atoms with Crippen molar-refractivity contribution < 1.29 is 14.3 Å². The molecule has 1 heterocycles. The number of ether oxygens (including phenoxy) is 2. The van der Waals surface area contributed by atoms with E-state index in [0.717, 1.165) is 27.7 Å². The second kappa shape index (κ2) is 8.98. The molecule has 1 amide bonds. The number of carbonyl (C=O) groups excluding carboxylic acids is 1. The molecule has 1 N–H and O–H groups in total. The predicted molar refractivity (Wildman–Crippen MR) is 116 cm³/mol. The molecule has 0 radical (unpaired) electrons. The van der Waals surface area contributed by atoms with Crippen LogP contribution in [0.1, 0.15) is 28.8 Å². The van der Waals surface area contributed by atoms with Crippen molar-refractivity contribution in [2.75, 3.05) is 14.2 Å². The quantitative estimate of drug-likeness (QED) is 0.649. The molecule has 7 nitrogen and oxygen atoms in total. The molecule has 3 rings (SSSR count). The molecule has 0 spiro atoms. The number of amides is 1. The van der Waals surface area contributed by atoms with Crippen molar-refractivity contribution >= 4 is 16.9 Å². The van der Waals surface area contributed by atoms with Crippen molar-refractivity contribution in [1.29, 1.82) is 0 Å². The summed E-state index contributed by atoms with van der Waals surface area (Å²) < 4.78 is 12.2. The number of methoxy groups -OCH3 is 2. The van der Waals surface area contributed by atoms with Gasteiger partial charge in [-0.15, -0.1) is 0 Å². The van der Waals surface area contributed by atoms with Gasteiger partial charge in [0.15, 0.2) is 0 Å². The smallest absolute Gasteiger partial charge is 0.272 e. The first kappa shape index (κ1) is 21.4. The van der Waals surface area contributed by atoms with E-state index in [9.17, 15) is 9.59 Å². The maximum Gasteiger partial charge on any atom is 0.272 e. The molecule has 0 aliphatic rings. The SMILES string of the molecule is COc1ccc(OC)c(CNC(=O)CCn2c(=O)c(C)nc3cc(C)c(C)cc32)c1. The van der Waals surface area contributed by atoms with E-state index >= 15 is 0 Å². The maximum atomic E-state index is 12.7. The summed E-state index contributed by atoms with van der Waals surface area (Å²) in [5.41, 5.74) is 4.77. The van der Waals surface area contributed by atoms with Crippen molar-refractivity contribution in [2.45, 2.75) is 40.3 Å². The number of nitrogens with zero attached hydrogens (tertiary/aromatic N) is 2. The Labute approximate surface area is 175 Å². The van der Waals surface area contributed by atoms with Crippen molar-refractivity contribution in [3.05, 3.63) is 63.1 Å². The topological polar surface area (TPSA) is 82.5 Å². The molecule has 0 unspecified atom stereocenters. The Kier molecular flexibility index (Phi) is 6.40. The average Bonchev–Trinajstić information content (AvgIpc) is 2.74. The van der Waals surface area contributed by atoms with Gasteiger partial charge in [0.05, 0.1) is 25.3 Å². The minimum atomic E-state index is -0.173. The third-order valence-corrected chi connectivity index (χ3v) is 5.25. The minimum Gasteiger partial charge on any atom is -0.497 e. The van der Waals surface area contributed by atoms with Crippen LogP contribution in [0.3, 0.4) is 0 Å². The molecule has 0 fully saturated rings. The van der Waals surface area contributed by atoms with Gasteiger partial charge < -0.3 is 19.4 Å². The van der Waals surface area contributed by atoms with Crippen LogP contribution < -0.4 is 20.3 Å². The lowest BCUT2D eigenvalue weighted by Crippen LogP contribution is -2.29. The van der Waals surface area contributed by atoms with Crippen molar-refractivity contribution in [3.8, 4) is 11.5 Å². The van der Waals surface area contributed by atoms with E-state index in [-0.39, 0.29) is 24.4 Å². The molecular formula is C23H27N3O4. The Hall–Kier alpha value is -3.35. The number of carbonyl (C=O) groups is 1. The van der Waals surface area contributed by atoms with E-state index in [1.807, 2.05) is 32.0 Å². The molecule has 30 heavy (non-hydrogen) atoms. The molecule has 0 bridgehead atoms. The fourth-order valence-corrected chi connectivity index (χ4v) is 3.36. The number of benzene rings is 2. The van der Waals surface area contributed by atoms with Crippen LogP contribution in [0.5, 0.6) is 11.5 Å². The monoisotopic (exact) mass is 409 g/mol. The van der Waals surface area contributed by atoms with Gasteiger partial charge in [-0.25, -0.2) is 4.98 Å². The largest absolute Gasteiger partial charge is 0.497 e. The van der Waals surface area contributed by atoms with Crippen LogP contribution in [0.2, 0.25) is 0 Å². The summed E-state index contributed by atoms with van der Waals surface area (Å²) in [5.74, 6) is 1.21. The van der Waals surface area contributed by atoms with Crippen LogP contribution in [0.25, 0.3) is 11.0 Å². The molecule has 2 aromatic carbocycles. The van der Waals surface area contributed by atoms with Gasteiger partial charge in [0, 0.05) is 25.1 Å². The summed E-state index contributed by atoms with van der Waals surface area (Å²) in [6.07, 6.45) is 0.178. The lowest BCUT2D eigenvalue weighted by atomic mass is 10.1. The Morgan fingerprint density at radius 1 is 1.07 bits per heavy atom. The predicted octanol–water partition coefficient (Wildman–Crippen LogP) is 3.05. The first-order chi connectivity index (χ1) is 14.3. The Morgan fingerprint density at radius 2 is 1.80 bits per heavy atom. The number of fused-ring (bicyclic) bond motifs is 1. The second-order valence-corrected chi connectivity index (χ2v) is 7.28. The van der Waals surface area contributed by atoms with E-state index in [1.54, 1.807) is 37.8 Å². The van der Waals surface area contributed by atoms with Gasteiger partial charge in [0.1, 0.15) is 17.2 Å². The number of nitrogens with one attached hydrogen (secondary N) is 1. The first-order valence-corrected chi connectivity index (χ1v) is 9.80. The van der Waals surface area contributed by atoms with Crippen molar-refractivity contribution in [1.82, 2.24) is 14.9 Å². The number of aromatic nitrogens is 2. The molecule has 158 valence electrons. The van der Waals surface area contributed by atoms with Gasteiger partial charge >= 0.3 is 0 Å². The van der Waals surface area contributed by atoms with Crippen LogP contribution in [-0.4, -0.2) is 29.7 Å². The van der Waals surface area contributed by atoms with Crippen LogP contribution in [0, 0.1) is 20.8 Å². The summed E-state index contributed by atoms with van der Waals surface area (Å²) in [6.45, 7) is 6.30. The number of hydrogen-bond acceptors (Lipinski definition) is 5. The van der Waals surface area contributed by atoms with Gasteiger partial charge in [0.2, 0.25) is 5.91 Å². The summed E-state index contributed by atoms with van der Waals surface area (Å²) in [4.78, 5) is 29.6. The minimum absolute atomic E-state index is 0.154. The van der Waals surface area contributed by atoms with E-state index in [0.29, 0.717) is 23.7 Å². The molecule has 0 atom stereocenters. The van der Waals surface area contributed by atoms with Gasteiger partial charge in [0.25, 0.3) is 5.56 Å². The summed E-state index contributed by atoms with van der Waals surface area (Å²) in [6, 6.07) is 9.36. The zero-order chi connectivity index (χ0) is 21.8. The normalized spacial score (nSPS) is 10.8. The Balaban J connectivity index is 1.75. The maximum absolute atomic E-state index is 12.7. The van der Waals surface area contributed by atoms with Crippen LogP contribution in [0.4, 0.5) is 0 Å². The molecule has 7 heteroatoms. The van der Waals surface area contributed by atoms with Crippen LogP contribution in [-0.2, 0) is 17.9 Å². The highest BCUT2D eigenvalue weighted by Gasteiger charge is 2.12. The number of rotatable bonds is 7. The molecule has 0 saturated carbocycles. The third kappa shape index (κ3) is 4.45. The first-order valence-electron chi connectivity index (χ1n) is 9.80. The number of aryl methyl sites for hydroxylation is 4. The highest BCUT2D eigenvalue weighted by Crippen LogP contribution is 2.23. The lowest BCUT2D eigenvalue weighted by molar-refractivity contribution is -0.121. The zero-order valence-corrected chi connectivity index (χ0v) is 18.0. The summed E-state index contributed by atoms with van der Waals surface area (Å²) in [5, 5.41) is 2.89. The summed E-state index contributed by atoms with van der Waals surface area (Å²) >= 11 is 0. The summed E-state index contributed by atoms with van der Waals surface area (Å²) in [7, 11) is 3.17. The number of hydrogen-bond donors (Lipinski definition) is 1. The second-order valence-electron chi connectivity index (χ2n) is 7.28. The zero-order valence-electron chi connectivity index (χ0n) is 18.0. The standard InChI is InChI=1S/C23H27N3O4/c1-14-10-19-20(11-15(14)2)26(23(28)16(3)25-19)9-8-22(27)24-13-17-12-18(29-4)6-7-21(17)30-5/h6-7,10-12H,8-9,13H2,1-5H3,(H,24,27). The molecule has 0 saturated heterocycles. The highest BCUT2D eigenvalue weighted by atomic mass is 16.5. The van der Waals surface area contributed by atoms with Crippen LogP contribution in [0.15, 0.2) is 35.1 Å². The van der Waals surface area contributed by atoms with Gasteiger partial charge in [-0.2, -0.15) is 0 Å². The Morgan fingerprint density at radius 3 is 2.50 bits per heavy atom. The van der Waals surface area contributed by atoms with Gasteiger partial charge in [-0.3, -0.25) is 9.59 Å². The molecule has 0 aliphatic carbocycles. The van der Waals surface area contributed by atoms with E-state index in [4.69, 9.17) is 9.47 Å².